The van der Waals surface area contributed by atoms with Crippen LogP contribution < -0.4 is 20.1 Å². The maximum Gasteiger partial charge on any atom is 0.259 e. The third-order valence-corrected chi connectivity index (χ3v) is 7.83. The van der Waals surface area contributed by atoms with Gasteiger partial charge >= 0.3 is 0 Å². The molecule has 0 radical (unpaired) electrons. The Bertz CT molecular complexity index is 1540. The Morgan fingerprint density at radius 2 is 1.98 bits per heavy atom. The normalized spacial score (nSPS) is 17.5. The van der Waals surface area contributed by atoms with Gasteiger partial charge in [-0.25, -0.2) is 9.89 Å². The average molecular weight is 560 g/mol. The molecule has 0 unspecified atom stereocenters. The van der Waals surface area contributed by atoms with E-state index in [4.69, 9.17) is 18.9 Å². The summed E-state index contributed by atoms with van der Waals surface area (Å²) in [6.45, 7) is 2.25. The average Bonchev–Trinajstić information content (AvgIpc) is 3.71. The second kappa shape index (κ2) is 10.9. The SMILES string of the molecule is CC[C@H](SC1=Nc2ccccc2C2=N[C@@H](CC(=O)NCc3ccco3)C(=O)N12)C(=O)Nc1ccc2c(c1)OCO2. The van der Waals surface area contributed by atoms with Crippen LogP contribution in [0.25, 0.3) is 0 Å². The molecule has 6 rings (SSSR count). The van der Waals surface area contributed by atoms with Crippen LogP contribution in [0.15, 0.2) is 75.3 Å². The first-order chi connectivity index (χ1) is 19.5. The zero-order valence-electron chi connectivity index (χ0n) is 21.5. The van der Waals surface area contributed by atoms with Crippen LogP contribution in [-0.4, -0.2) is 51.7 Å². The lowest BCUT2D eigenvalue weighted by molar-refractivity contribution is -0.128. The van der Waals surface area contributed by atoms with E-state index < -0.39 is 11.3 Å². The number of carbonyl (C=O) groups excluding carboxylic acids is 3. The summed E-state index contributed by atoms with van der Waals surface area (Å²) < 4.78 is 16.0. The maximum absolute atomic E-state index is 13.6. The molecule has 0 fully saturated rings. The Morgan fingerprint density at radius 1 is 1.12 bits per heavy atom. The van der Waals surface area contributed by atoms with Crippen LogP contribution >= 0.6 is 11.8 Å². The van der Waals surface area contributed by atoms with Crippen LogP contribution in [0.3, 0.4) is 0 Å². The number of hydrogen-bond acceptors (Lipinski definition) is 9. The quantitative estimate of drug-likeness (QED) is 0.428. The zero-order chi connectivity index (χ0) is 27.6. The van der Waals surface area contributed by atoms with Crippen LogP contribution in [0, 0.1) is 0 Å². The van der Waals surface area contributed by atoms with Gasteiger partial charge in [-0.05, 0) is 42.8 Å². The van der Waals surface area contributed by atoms with Gasteiger partial charge in [-0.3, -0.25) is 19.4 Å². The molecule has 4 heterocycles. The molecular formula is C28H25N5O6S. The van der Waals surface area contributed by atoms with E-state index in [2.05, 4.69) is 15.6 Å². The molecule has 0 aliphatic carbocycles. The predicted molar refractivity (Wildman–Crippen MR) is 149 cm³/mol. The molecule has 204 valence electrons. The van der Waals surface area contributed by atoms with Crippen molar-refractivity contribution >= 4 is 51.9 Å². The summed E-state index contributed by atoms with van der Waals surface area (Å²) in [4.78, 5) is 50.2. The van der Waals surface area contributed by atoms with Crippen molar-refractivity contribution in [2.75, 3.05) is 12.1 Å². The fourth-order valence-corrected chi connectivity index (χ4v) is 5.53. The van der Waals surface area contributed by atoms with E-state index in [1.165, 1.54) is 22.9 Å². The number of rotatable bonds is 8. The van der Waals surface area contributed by atoms with E-state index in [0.717, 1.165) is 0 Å². The van der Waals surface area contributed by atoms with Gasteiger partial charge in [-0.15, -0.1) is 0 Å². The van der Waals surface area contributed by atoms with Crippen molar-refractivity contribution in [2.24, 2.45) is 9.98 Å². The molecule has 3 aliphatic heterocycles. The number of carbonyl (C=O) groups is 3. The van der Waals surface area contributed by atoms with Crippen LogP contribution in [0.2, 0.25) is 0 Å². The molecule has 2 N–H and O–H groups in total. The van der Waals surface area contributed by atoms with Gasteiger partial charge in [0.05, 0.1) is 30.2 Å². The molecule has 0 saturated heterocycles. The monoisotopic (exact) mass is 559 g/mol. The lowest BCUT2D eigenvalue weighted by atomic mass is 10.1. The van der Waals surface area contributed by atoms with E-state index in [0.29, 0.717) is 51.6 Å². The number of amidine groups is 2. The Morgan fingerprint density at radius 3 is 2.80 bits per heavy atom. The molecular weight excluding hydrogens is 534 g/mol. The smallest absolute Gasteiger partial charge is 0.259 e. The molecule has 3 aliphatic rings. The van der Waals surface area contributed by atoms with Gasteiger partial charge in [0.1, 0.15) is 17.6 Å². The largest absolute Gasteiger partial charge is 0.467 e. The van der Waals surface area contributed by atoms with E-state index in [9.17, 15) is 14.4 Å². The molecule has 0 spiro atoms. The molecule has 2 aromatic carbocycles. The Kier molecular flexibility index (Phi) is 6.99. The highest BCUT2D eigenvalue weighted by atomic mass is 32.2. The number of nitrogens with zero attached hydrogens (tertiary/aromatic N) is 3. The van der Waals surface area contributed by atoms with Crippen molar-refractivity contribution in [3.05, 3.63) is 72.2 Å². The first-order valence-electron chi connectivity index (χ1n) is 12.8. The van der Waals surface area contributed by atoms with Crippen molar-refractivity contribution in [1.29, 1.82) is 0 Å². The summed E-state index contributed by atoms with van der Waals surface area (Å²) in [6.07, 6.45) is 1.89. The molecule has 2 atom stereocenters. The van der Waals surface area contributed by atoms with Gasteiger partial charge in [0.2, 0.25) is 18.6 Å². The number of fused-ring (bicyclic) bond motifs is 4. The third kappa shape index (κ3) is 5.05. The summed E-state index contributed by atoms with van der Waals surface area (Å²) in [5, 5.41) is 5.46. The molecule has 40 heavy (non-hydrogen) atoms. The van der Waals surface area contributed by atoms with Crippen LogP contribution in [0.1, 0.15) is 31.1 Å². The number of para-hydroxylation sites is 1. The highest BCUT2D eigenvalue weighted by Crippen LogP contribution is 2.37. The fourth-order valence-electron chi connectivity index (χ4n) is 4.51. The molecule has 0 bridgehead atoms. The Labute approximate surface area is 233 Å². The molecule has 11 nitrogen and oxygen atoms in total. The number of nitrogens with one attached hydrogen (secondary N) is 2. The van der Waals surface area contributed by atoms with Crippen molar-refractivity contribution in [1.82, 2.24) is 10.2 Å². The number of furan rings is 1. The second-order valence-corrected chi connectivity index (χ2v) is 10.4. The molecule has 1 aromatic heterocycles. The van der Waals surface area contributed by atoms with Crippen molar-refractivity contribution in [3.63, 3.8) is 0 Å². The predicted octanol–water partition coefficient (Wildman–Crippen LogP) is 3.82. The van der Waals surface area contributed by atoms with Gasteiger partial charge in [0.15, 0.2) is 16.7 Å². The molecule has 3 aromatic rings. The Hall–Kier alpha value is -4.58. The zero-order valence-corrected chi connectivity index (χ0v) is 22.3. The van der Waals surface area contributed by atoms with Crippen LogP contribution in [0.4, 0.5) is 11.4 Å². The summed E-state index contributed by atoms with van der Waals surface area (Å²) in [5.74, 6) is 1.29. The van der Waals surface area contributed by atoms with Gasteiger partial charge in [0.25, 0.3) is 5.91 Å². The second-order valence-electron chi connectivity index (χ2n) is 9.19. The number of amides is 3. The van der Waals surface area contributed by atoms with E-state index >= 15 is 0 Å². The number of benzene rings is 2. The van der Waals surface area contributed by atoms with Gasteiger partial charge in [-0.2, -0.15) is 0 Å². The standard InChI is InChI=1S/C28H25N5O6S/c1-2-23(26(35)30-16-9-10-21-22(12-16)39-15-38-21)40-28-32-19-8-4-3-7-18(19)25-31-20(27(36)33(25)28)13-24(34)29-14-17-6-5-11-37-17/h3-12,20,23H,2,13-15H2,1H3,(H,29,34)(H,30,35)/t20-,23-/m0/s1. The highest BCUT2D eigenvalue weighted by molar-refractivity contribution is 8.15. The molecule has 0 saturated carbocycles. The van der Waals surface area contributed by atoms with Gasteiger partial charge < -0.3 is 24.5 Å². The number of ether oxygens (including phenoxy) is 2. The van der Waals surface area contributed by atoms with Crippen LogP contribution in [0.5, 0.6) is 11.5 Å². The number of thioether (sulfide) groups is 1. The van der Waals surface area contributed by atoms with E-state index in [1.807, 2.05) is 31.2 Å². The van der Waals surface area contributed by atoms with Crippen molar-refractivity contribution in [2.45, 2.75) is 37.6 Å². The minimum Gasteiger partial charge on any atom is -0.467 e. The minimum atomic E-state index is -0.911. The molecule has 3 amide bonds. The Balaban J connectivity index is 1.19. The summed E-state index contributed by atoms with van der Waals surface area (Å²) >= 11 is 1.19. The molecule has 12 heteroatoms. The lowest BCUT2D eigenvalue weighted by Gasteiger charge is -2.27. The van der Waals surface area contributed by atoms with Gasteiger partial charge in [-0.1, -0.05) is 30.8 Å². The number of hydrogen-bond donors (Lipinski definition) is 2. The highest BCUT2D eigenvalue weighted by Gasteiger charge is 2.43. The number of aliphatic imine (C=N–C) groups is 2. The fraction of sp³-hybridized carbons (Fsp3) is 0.250. The first kappa shape index (κ1) is 25.7. The topological polar surface area (TPSA) is 135 Å². The summed E-state index contributed by atoms with van der Waals surface area (Å²) in [6, 6.07) is 15.1. The summed E-state index contributed by atoms with van der Waals surface area (Å²) in [7, 11) is 0. The van der Waals surface area contributed by atoms with Crippen molar-refractivity contribution < 1.29 is 28.3 Å². The van der Waals surface area contributed by atoms with Gasteiger partial charge in [0, 0.05) is 17.3 Å². The lowest BCUT2D eigenvalue weighted by Crippen LogP contribution is -2.43. The first-order valence-corrected chi connectivity index (χ1v) is 13.6. The minimum absolute atomic E-state index is 0.124. The maximum atomic E-state index is 13.6. The summed E-state index contributed by atoms with van der Waals surface area (Å²) in [5.41, 5.74) is 1.91. The van der Waals surface area contributed by atoms with Crippen molar-refractivity contribution in [3.8, 4) is 11.5 Å². The van der Waals surface area contributed by atoms with Crippen LogP contribution in [-0.2, 0) is 20.9 Å². The third-order valence-electron chi connectivity index (χ3n) is 6.52. The number of anilines is 1. The van der Waals surface area contributed by atoms with E-state index in [-0.39, 0.29) is 37.5 Å². The van der Waals surface area contributed by atoms with E-state index in [1.54, 1.807) is 30.3 Å².